The first-order valence-electron chi connectivity index (χ1n) is 8.94. The highest BCUT2D eigenvalue weighted by Crippen LogP contribution is 2.37. The third-order valence-corrected chi connectivity index (χ3v) is 6.89. The van der Waals surface area contributed by atoms with E-state index in [2.05, 4.69) is 21.2 Å². The molecule has 1 N–H and O–H groups in total. The van der Waals surface area contributed by atoms with Crippen molar-refractivity contribution in [3.8, 4) is 0 Å². The van der Waals surface area contributed by atoms with Crippen molar-refractivity contribution in [2.75, 3.05) is 18.5 Å². The number of nitro benzene ring substituents is 1. The number of rotatable bonds is 10. The molecule has 2 aromatic rings. The van der Waals surface area contributed by atoms with Crippen LogP contribution in [0.5, 0.6) is 0 Å². The molecule has 158 valence electrons. The number of aryl methyl sites for hydroxylation is 1. The average Bonchev–Trinajstić information content (AvgIpc) is 2.66. The summed E-state index contributed by atoms with van der Waals surface area (Å²) in [6, 6.07) is 9.39. The number of hydrogen-bond acceptors (Lipinski definition) is 6. The van der Waals surface area contributed by atoms with Crippen LogP contribution in [0.4, 0.5) is 11.4 Å². The first kappa shape index (κ1) is 23.6. The monoisotopic (exact) mass is 504 g/mol. The number of nitro groups is 1. The van der Waals surface area contributed by atoms with Gasteiger partial charge < -0.3 is 5.32 Å². The maximum Gasteiger partial charge on any atom is 0.296 e. The molecule has 10 heteroatoms. The zero-order valence-corrected chi connectivity index (χ0v) is 19.2. The highest BCUT2D eigenvalue weighted by molar-refractivity contribution is 9.10. The standard InChI is InChI=1S/C19H22BrClN2O5S/c1-13-5-7-15(8-6-13)29(26,27)28-11-3-4-14(2)12-22-19-17(23(24)25)10-9-16(20)18(19)21/h5-10,14,22H,3-4,11-12H2,1-2H3/t14-/m1/s1. The van der Waals surface area contributed by atoms with Gasteiger partial charge in [-0.05, 0) is 59.8 Å². The molecule has 0 unspecified atom stereocenters. The molecule has 0 radical (unpaired) electrons. The molecule has 0 amide bonds. The van der Waals surface area contributed by atoms with Crippen molar-refractivity contribution in [2.24, 2.45) is 5.92 Å². The van der Waals surface area contributed by atoms with Crippen molar-refractivity contribution < 1.29 is 17.5 Å². The van der Waals surface area contributed by atoms with Gasteiger partial charge >= 0.3 is 0 Å². The molecule has 1 atom stereocenters. The van der Waals surface area contributed by atoms with E-state index in [1.165, 1.54) is 24.3 Å². The molecule has 0 saturated carbocycles. The summed E-state index contributed by atoms with van der Waals surface area (Å²) in [5, 5.41) is 14.5. The molecule has 0 saturated heterocycles. The zero-order valence-electron chi connectivity index (χ0n) is 16.0. The number of halogens is 2. The highest BCUT2D eigenvalue weighted by Gasteiger charge is 2.20. The number of benzene rings is 2. The number of hydrogen-bond donors (Lipinski definition) is 1. The molecule has 0 spiro atoms. The SMILES string of the molecule is Cc1ccc(S(=O)(=O)OCCC[C@@H](C)CNc2c([N+](=O)[O-])ccc(Br)c2Cl)cc1. The summed E-state index contributed by atoms with van der Waals surface area (Å²) < 4.78 is 30.0. The molecule has 29 heavy (non-hydrogen) atoms. The lowest BCUT2D eigenvalue weighted by Crippen LogP contribution is -2.14. The molecule has 0 aliphatic heterocycles. The van der Waals surface area contributed by atoms with Gasteiger partial charge in [-0.15, -0.1) is 0 Å². The van der Waals surface area contributed by atoms with Crippen molar-refractivity contribution >= 4 is 49.0 Å². The quantitative estimate of drug-likeness (QED) is 0.197. The van der Waals surface area contributed by atoms with Crippen LogP contribution in [0, 0.1) is 23.0 Å². The van der Waals surface area contributed by atoms with Gasteiger partial charge in [0.15, 0.2) is 0 Å². The molecule has 0 fully saturated rings. The molecule has 0 aliphatic rings. The van der Waals surface area contributed by atoms with Crippen LogP contribution in [0.25, 0.3) is 0 Å². The first-order chi connectivity index (χ1) is 13.6. The fourth-order valence-electron chi connectivity index (χ4n) is 2.61. The molecular weight excluding hydrogens is 484 g/mol. The predicted octanol–water partition coefficient (Wildman–Crippen LogP) is 5.55. The van der Waals surface area contributed by atoms with E-state index < -0.39 is 15.0 Å². The minimum atomic E-state index is -3.77. The van der Waals surface area contributed by atoms with Gasteiger partial charge in [0.05, 0.1) is 21.4 Å². The molecule has 2 aromatic carbocycles. The zero-order chi connectivity index (χ0) is 21.6. The number of anilines is 1. The maximum absolute atomic E-state index is 12.2. The van der Waals surface area contributed by atoms with E-state index in [1.807, 2.05) is 13.8 Å². The van der Waals surface area contributed by atoms with Gasteiger partial charge in [0, 0.05) is 17.1 Å². The van der Waals surface area contributed by atoms with Crippen LogP contribution in [0.2, 0.25) is 5.02 Å². The Balaban J connectivity index is 1.84. The summed E-state index contributed by atoms with van der Waals surface area (Å²) in [5.41, 5.74) is 1.13. The van der Waals surface area contributed by atoms with E-state index in [9.17, 15) is 18.5 Å². The maximum atomic E-state index is 12.2. The van der Waals surface area contributed by atoms with Crippen LogP contribution in [0.3, 0.4) is 0 Å². The Hall–Kier alpha value is -1.68. The van der Waals surface area contributed by atoms with Gasteiger partial charge in [-0.3, -0.25) is 14.3 Å². The van der Waals surface area contributed by atoms with Crippen molar-refractivity contribution in [2.45, 2.75) is 31.6 Å². The summed E-state index contributed by atoms with van der Waals surface area (Å²) >= 11 is 9.43. The minimum Gasteiger partial charge on any atom is -0.378 e. The predicted molar refractivity (Wildman–Crippen MR) is 117 cm³/mol. The first-order valence-corrected chi connectivity index (χ1v) is 11.5. The fourth-order valence-corrected chi connectivity index (χ4v) is 4.11. The van der Waals surface area contributed by atoms with Crippen molar-refractivity contribution in [3.63, 3.8) is 0 Å². The van der Waals surface area contributed by atoms with E-state index in [1.54, 1.807) is 12.1 Å². The minimum absolute atomic E-state index is 0.0678. The molecule has 0 aliphatic carbocycles. The Labute approximate surface area is 183 Å². The van der Waals surface area contributed by atoms with Crippen LogP contribution in [-0.2, 0) is 14.3 Å². The molecule has 0 bridgehead atoms. The van der Waals surface area contributed by atoms with E-state index in [0.29, 0.717) is 23.9 Å². The lowest BCUT2D eigenvalue weighted by Gasteiger charge is -2.15. The van der Waals surface area contributed by atoms with Crippen LogP contribution in [-0.4, -0.2) is 26.5 Å². The van der Waals surface area contributed by atoms with Gasteiger partial charge in [0.2, 0.25) is 0 Å². The van der Waals surface area contributed by atoms with Crippen molar-refractivity contribution in [3.05, 3.63) is 61.6 Å². The topological polar surface area (TPSA) is 98.5 Å². The van der Waals surface area contributed by atoms with Crippen LogP contribution in [0.15, 0.2) is 45.8 Å². The third-order valence-electron chi connectivity index (χ3n) is 4.29. The van der Waals surface area contributed by atoms with Gasteiger partial charge in [-0.25, -0.2) is 0 Å². The third kappa shape index (κ3) is 6.67. The van der Waals surface area contributed by atoms with Crippen molar-refractivity contribution in [1.29, 1.82) is 0 Å². The Kier molecular flexibility index (Phi) is 8.45. The smallest absolute Gasteiger partial charge is 0.296 e. The largest absolute Gasteiger partial charge is 0.378 e. The van der Waals surface area contributed by atoms with Crippen molar-refractivity contribution in [1.82, 2.24) is 0 Å². The molecular formula is C19H22BrClN2O5S. The summed E-state index contributed by atoms with van der Waals surface area (Å²) in [7, 11) is -3.77. The summed E-state index contributed by atoms with van der Waals surface area (Å²) in [6.07, 6.45) is 1.21. The second-order valence-electron chi connectivity index (χ2n) is 6.73. The molecule has 0 heterocycles. The number of nitrogens with one attached hydrogen (secondary N) is 1. The second kappa shape index (κ2) is 10.4. The summed E-state index contributed by atoms with van der Waals surface area (Å²) in [6.45, 7) is 4.35. The second-order valence-corrected chi connectivity index (χ2v) is 9.58. The summed E-state index contributed by atoms with van der Waals surface area (Å²) in [4.78, 5) is 10.8. The lowest BCUT2D eigenvalue weighted by molar-refractivity contribution is -0.384. The Morgan fingerprint density at radius 3 is 2.52 bits per heavy atom. The molecule has 2 rings (SSSR count). The normalized spacial score (nSPS) is 12.6. The highest BCUT2D eigenvalue weighted by atomic mass is 79.9. The van der Waals surface area contributed by atoms with E-state index in [4.69, 9.17) is 15.8 Å². The van der Waals surface area contributed by atoms with Gasteiger partial charge in [-0.1, -0.05) is 36.2 Å². The Morgan fingerprint density at radius 2 is 1.90 bits per heavy atom. The molecule has 7 nitrogen and oxygen atoms in total. The average molecular weight is 506 g/mol. The number of nitrogens with zero attached hydrogens (tertiary/aromatic N) is 1. The Bertz CT molecular complexity index is 967. The van der Waals surface area contributed by atoms with E-state index in [0.717, 1.165) is 5.56 Å². The van der Waals surface area contributed by atoms with Crippen LogP contribution < -0.4 is 5.32 Å². The van der Waals surface area contributed by atoms with Gasteiger partial charge in [-0.2, -0.15) is 8.42 Å². The van der Waals surface area contributed by atoms with Crippen LogP contribution >= 0.6 is 27.5 Å². The van der Waals surface area contributed by atoms with Gasteiger partial charge in [0.25, 0.3) is 15.8 Å². The lowest BCUT2D eigenvalue weighted by atomic mass is 10.1. The molecule has 0 aromatic heterocycles. The Morgan fingerprint density at radius 1 is 1.24 bits per heavy atom. The van der Waals surface area contributed by atoms with Crippen LogP contribution in [0.1, 0.15) is 25.3 Å². The van der Waals surface area contributed by atoms with E-state index >= 15 is 0 Å². The van der Waals surface area contributed by atoms with Gasteiger partial charge in [0.1, 0.15) is 5.69 Å². The van der Waals surface area contributed by atoms with E-state index in [-0.39, 0.29) is 33.8 Å². The summed E-state index contributed by atoms with van der Waals surface area (Å²) in [5.74, 6) is 0.121. The fraction of sp³-hybridized carbons (Fsp3) is 0.368.